The van der Waals surface area contributed by atoms with Crippen LogP contribution in [0.3, 0.4) is 0 Å². The molecule has 0 spiro atoms. The molecular weight excluding hydrogens is 282 g/mol. The summed E-state index contributed by atoms with van der Waals surface area (Å²) in [5.41, 5.74) is 7.25. The molecule has 3 aromatic rings. The van der Waals surface area contributed by atoms with Gasteiger partial charge in [0.25, 0.3) is 5.91 Å². The molecule has 1 amide bonds. The first kappa shape index (κ1) is 14.1. The first-order chi connectivity index (χ1) is 10.5. The lowest BCUT2D eigenvalue weighted by Crippen LogP contribution is -2.24. The van der Waals surface area contributed by atoms with Gasteiger partial charge in [-0.3, -0.25) is 9.59 Å². The third kappa shape index (κ3) is 2.18. The van der Waals surface area contributed by atoms with E-state index in [2.05, 4.69) is 5.16 Å². The summed E-state index contributed by atoms with van der Waals surface area (Å²) in [5.74, 6) is -0.0856. The lowest BCUT2D eigenvalue weighted by molar-refractivity contribution is 0.0999. The molecule has 0 atom stereocenters. The number of benzene rings is 1. The summed E-state index contributed by atoms with van der Waals surface area (Å²) in [6.07, 6.45) is 1.50. The van der Waals surface area contributed by atoms with Crippen LogP contribution in [-0.2, 0) is 6.54 Å². The highest BCUT2D eigenvalue weighted by molar-refractivity contribution is 5.96. The minimum absolute atomic E-state index is 0.00221. The molecule has 0 aliphatic rings. The molecule has 0 aliphatic carbocycles. The number of nitrogens with zero attached hydrogens (tertiary/aromatic N) is 2. The predicted molar refractivity (Wildman–Crippen MR) is 82.6 cm³/mol. The van der Waals surface area contributed by atoms with Crippen LogP contribution in [0.25, 0.3) is 22.2 Å². The van der Waals surface area contributed by atoms with E-state index in [0.717, 1.165) is 16.8 Å². The Bertz CT molecular complexity index is 937. The summed E-state index contributed by atoms with van der Waals surface area (Å²) >= 11 is 0. The minimum atomic E-state index is -0.718. The van der Waals surface area contributed by atoms with Crippen molar-refractivity contribution in [2.24, 2.45) is 5.73 Å². The highest BCUT2D eigenvalue weighted by atomic mass is 16.5. The Kier molecular flexibility index (Phi) is 3.29. The standard InChI is InChI=1S/C16H15N3O3/c1-3-19-8-12(16(17)21)15(20)11-5-4-10(7-13(11)19)14-6-9(2)18-22-14/h4-8H,3H2,1-2H3,(H2,17,21). The van der Waals surface area contributed by atoms with Crippen LogP contribution < -0.4 is 11.2 Å². The van der Waals surface area contributed by atoms with E-state index >= 15 is 0 Å². The van der Waals surface area contributed by atoms with E-state index in [-0.39, 0.29) is 11.0 Å². The summed E-state index contributed by atoms with van der Waals surface area (Å²) in [6.45, 7) is 4.38. The van der Waals surface area contributed by atoms with Crippen molar-refractivity contribution in [2.75, 3.05) is 0 Å². The molecule has 2 heterocycles. The van der Waals surface area contributed by atoms with Crippen molar-refractivity contribution in [1.29, 1.82) is 0 Å². The molecule has 6 nitrogen and oxygen atoms in total. The maximum atomic E-state index is 12.3. The van der Waals surface area contributed by atoms with Gasteiger partial charge in [0.05, 0.1) is 11.2 Å². The number of rotatable bonds is 3. The van der Waals surface area contributed by atoms with Gasteiger partial charge in [-0.25, -0.2) is 0 Å². The molecule has 0 bridgehead atoms. The second kappa shape index (κ2) is 5.14. The van der Waals surface area contributed by atoms with E-state index in [9.17, 15) is 9.59 Å². The van der Waals surface area contributed by atoms with Crippen molar-refractivity contribution in [3.8, 4) is 11.3 Å². The summed E-state index contributed by atoms with van der Waals surface area (Å²) in [4.78, 5) is 23.8. The molecule has 0 saturated heterocycles. The smallest absolute Gasteiger partial charge is 0.254 e. The van der Waals surface area contributed by atoms with Crippen molar-refractivity contribution in [3.05, 3.63) is 51.9 Å². The number of nitrogens with two attached hydrogens (primary N) is 1. The van der Waals surface area contributed by atoms with Crippen molar-refractivity contribution < 1.29 is 9.32 Å². The van der Waals surface area contributed by atoms with Gasteiger partial charge in [-0.2, -0.15) is 0 Å². The number of carbonyl (C=O) groups excluding carboxylic acids is 1. The van der Waals surface area contributed by atoms with Crippen LogP contribution in [0.15, 0.2) is 39.8 Å². The number of aryl methyl sites for hydroxylation is 2. The van der Waals surface area contributed by atoms with Crippen LogP contribution in [0, 0.1) is 6.92 Å². The van der Waals surface area contributed by atoms with Gasteiger partial charge in [-0.05, 0) is 26.0 Å². The Morgan fingerprint density at radius 3 is 2.73 bits per heavy atom. The zero-order valence-electron chi connectivity index (χ0n) is 12.3. The summed E-state index contributed by atoms with van der Waals surface area (Å²) < 4.78 is 7.08. The maximum Gasteiger partial charge on any atom is 0.254 e. The molecule has 0 saturated carbocycles. The highest BCUT2D eigenvalue weighted by Crippen LogP contribution is 2.24. The van der Waals surface area contributed by atoms with Gasteiger partial charge in [0.15, 0.2) is 5.76 Å². The van der Waals surface area contributed by atoms with E-state index in [4.69, 9.17) is 10.3 Å². The largest absolute Gasteiger partial charge is 0.365 e. The molecule has 2 aromatic heterocycles. The van der Waals surface area contributed by atoms with Crippen LogP contribution in [0.2, 0.25) is 0 Å². The maximum absolute atomic E-state index is 12.3. The van der Waals surface area contributed by atoms with Crippen LogP contribution in [0.5, 0.6) is 0 Å². The normalized spacial score (nSPS) is 11.0. The van der Waals surface area contributed by atoms with Crippen LogP contribution in [-0.4, -0.2) is 15.6 Å². The van der Waals surface area contributed by atoms with Crippen LogP contribution in [0.1, 0.15) is 23.0 Å². The number of primary amides is 1. The topological polar surface area (TPSA) is 91.1 Å². The third-order valence-corrected chi connectivity index (χ3v) is 3.60. The zero-order valence-corrected chi connectivity index (χ0v) is 12.3. The zero-order chi connectivity index (χ0) is 15.9. The third-order valence-electron chi connectivity index (χ3n) is 3.60. The number of hydrogen-bond acceptors (Lipinski definition) is 4. The van der Waals surface area contributed by atoms with Gasteiger partial charge in [0, 0.05) is 29.8 Å². The molecule has 2 N–H and O–H groups in total. The van der Waals surface area contributed by atoms with Gasteiger partial charge in [0.2, 0.25) is 5.43 Å². The molecule has 22 heavy (non-hydrogen) atoms. The van der Waals surface area contributed by atoms with E-state index in [1.807, 2.05) is 30.5 Å². The fourth-order valence-corrected chi connectivity index (χ4v) is 2.48. The second-order valence-electron chi connectivity index (χ2n) is 5.09. The number of amides is 1. The molecular formula is C16H15N3O3. The van der Waals surface area contributed by atoms with E-state index < -0.39 is 5.91 Å². The summed E-state index contributed by atoms with van der Waals surface area (Å²) in [6, 6.07) is 7.14. The number of fused-ring (bicyclic) bond motifs is 1. The van der Waals surface area contributed by atoms with E-state index in [1.165, 1.54) is 6.20 Å². The van der Waals surface area contributed by atoms with Crippen molar-refractivity contribution in [3.63, 3.8) is 0 Å². The summed E-state index contributed by atoms with van der Waals surface area (Å²) in [7, 11) is 0. The Balaban J connectivity index is 2.30. The van der Waals surface area contributed by atoms with Crippen molar-refractivity contribution >= 4 is 16.8 Å². The molecule has 1 aromatic carbocycles. The minimum Gasteiger partial charge on any atom is -0.365 e. The number of aromatic nitrogens is 2. The first-order valence-corrected chi connectivity index (χ1v) is 6.92. The van der Waals surface area contributed by atoms with Gasteiger partial charge in [0.1, 0.15) is 5.56 Å². The Morgan fingerprint density at radius 2 is 2.14 bits per heavy atom. The van der Waals surface area contributed by atoms with Crippen LogP contribution in [0.4, 0.5) is 0 Å². The fourth-order valence-electron chi connectivity index (χ4n) is 2.48. The quantitative estimate of drug-likeness (QED) is 0.801. The number of carbonyl (C=O) groups is 1. The number of hydrogen-bond donors (Lipinski definition) is 1. The molecule has 3 rings (SSSR count). The van der Waals surface area contributed by atoms with Gasteiger partial charge >= 0.3 is 0 Å². The van der Waals surface area contributed by atoms with E-state index in [0.29, 0.717) is 17.7 Å². The SMILES string of the molecule is CCn1cc(C(N)=O)c(=O)c2ccc(-c3cc(C)no3)cc21. The lowest BCUT2D eigenvalue weighted by Gasteiger charge is -2.11. The predicted octanol–water partition coefficient (Wildman–Crippen LogP) is 2.08. The van der Waals surface area contributed by atoms with Crippen molar-refractivity contribution in [2.45, 2.75) is 20.4 Å². The van der Waals surface area contributed by atoms with Crippen LogP contribution >= 0.6 is 0 Å². The molecule has 6 heteroatoms. The Labute approximate surface area is 126 Å². The van der Waals surface area contributed by atoms with Gasteiger partial charge < -0.3 is 14.8 Å². The second-order valence-corrected chi connectivity index (χ2v) is 5.09. The van der Waals surface area contributed by atoms with Crippen molar-refractivity contribution in [1.82, 2.24) is 9.72 Å². The van der Waals surface area contributed by atoms with Gasteiger partial charge in [-0.1, -0.05) is 11.2 Å². The molecule has 0 radical (unpaired) electrons. The average molecular weight is 297 g/mol. The monoisotopic (exact) mass is 297 g/mol. The highest BCUT2D eigenvalue weighted by Gasteiger charge is 2.14. The fraction of sp³-hybridized carbons (Fsp3) is 0.188. The van der Waals surface area contributed by atoms with E-state index in [1.54, 1.807) is 12.1 Å². The molecule has 0 fully saturated rings. The Morgan fingerprint density at radius 1 is 1.36 bits per heavy atom. The average Bonchev–Trinajstić information content (AvgIpc) is 2.93. The molecule has 0 unspecified atom stereocenters. The van der Waals surface area contributed by atoms with Gasteiger partial charge in [-0.15, -0.1) is 0 Å². The summed E-state index contributed by atoms with van der Waals surface area (Å²) in [5, 5.41) is 4.32. The number of pyridine rings is 1. The first-order valence-electron chi connectivity index (χ1n) is 6.92. The molecule has 112 valence electrons. The Hall–Kier alpha value is -2.89. The lowest BCUT2D eigenvalue weighted by atomic mass is 10.1. The molecule has 0 aliphatic heterocycles.